The molecule has 0 radical (unpaired) electrons. The highest BCUT2D eigenvalue weighted by Gasteiger charge is 2.33. The zero-order chi connectivity index (χ0) is 14.5. The van der Waals surface area contributed by atoms with Crippen molar-refractivity contribution in [3.63, 3.8) is 0 Å². The number of hydrazine groups is 1. The topological polar surface area (TPSA) is 56.5 Å². The van der Waals surface area contributed by atoms with Crippen LogP contribution < -0.4 is 16.0 Å². The molecular weight excluding hydrogens is 261 g/mol. The number of para-hydroxylation sites is 1. The maximum absolute atomic E-state index is 12.3. The van der Waals surface area contributed by atoms with Crippen molar-refractivity contribution >= 4 is 0 Å². The first-order chi connectivity index (χ1) is 8.89. The van der Waals surface area contributed by atoms with Gasteiger partial charge in [-0.2, -0.15) is 0 Å². The Morgan fingerprint density at radius 2 is 1.95 bits per heavy atom. The Bertz CT molecular complexity index is 399. The average molecular weight is 278 g/mol. The predicted octanol–water partition coefficient (Wildman–Crippen LogP) is 2.51. The Kier molecular flexibility index (Phi) is 5.59. The van der Waals surface area contributed by atoms with E-state index in [9.17, 15) is 13.2 Å². The molecule has 0 amide bonds. The second-order valence-electron chi connectivity index (χ2n) is 3.89. The summed E-state index contributed by atoms with van der Waals surface area (Å²) in [7, 11) is 0. The van der Waals surface area contributed by atoms with E-state index in [1.54, 1.807) is 19.9 Å². The van der Waals surface area contributed by atoms with E-state index < -0.39 is 18.5 Å². The molecule has 0 spiro atoms. The molecule has 7 heteroatoms. The molecule has 0 fully saturated rings. The third-order valence-electron chi connectivity index (χ3n) is 2.56. The van der Waals surface area contributed by atoms with Crippen LogP contribution in [0.3, 0.4) is 0 Å². The number of hydrogen-bond acceptors (Lipinski definition) is 4. The van der Waals surface area contributed by atoms with Crippen molar-refractivity contribution in [2.24, 2.45) is 5.84 Å². The number of halogens is 3. The van der Waals surface area contributed by atoms with Crippen molar-refractivity contribution in [1.29, 1.82) is 0 Å². The van der Waals surface area contributed by atoms with Crippen LogP contribution in [-0.4, -0.2) is 19.1 Å². The number of benzene rings is 1. The van der Waals surface area contributed by atoms with Gasteiger partial charge in [0.15, 0.2) is 0 Å². The van der Waals surface area contributed by atoms with E-state index in [-0.39, 0.29) is 5.75 Å². The third-order valence-corrected chi connectivity index (χ3v) is 2.56. The minimum absolute atomic E-state index is 0.287. The lowest BCUT2D eigenvalue weighted by Crippen LogP contribution is -2.37. The quantitative estimate of drug-likeness (QED) is 0.620. The molecule has 1 aromatic carbocycles. The van der Waals surface area contributed by atoms with E-state index in [0.717, 1.165) is 0 Å². The molecule has 0 saturated carbocycles. The van der Waals surface area contributed by atoms with Gasteiger partial charge in [0.25, 0.3) is 0 Å². The molecule has 0 aromatic heterocycles. The molecule has 19 heavy (non-hydrogen) atoms. The fourth-order valence-electron chi connectivity index (χ4n) is 1.79. The second kappa shape index (κ2) is 6.74. The van der Waals surface area contributed by atoms with E-state index in [1.165, 1.54) is 18.2 Å². The van der Waals surface area contributed by atoms with Crippen LogP contribution in [0.1, 0.15) is 25.5 Å². The molecule has 0 aliphatic carbocycles. The minimum Gasteiger partial charge on any atom is -0.405 e. The van der Waals surface area contributed by atoms with Crippen molar-refractivity contribution in [3.05, 3.63) is 29.8 Å². The van der Waals surface area contributed by atoms with Crippen molar-refractivity contribution in [3.8, 4) is 5.75 Å². The SMILES string of the molecule is CCOC(C)C(NN)c1ccccc1OC(F)(F)F. The van der Waals surface area contributed by atoms with Gasteiger partial charge in [-0.1, -0.05) is 18.2 Å². The van der Waals surface area contributed by atoms with E-state index >= 15 is 0 Å². The van der Waals surface area contributed by atoms with Crippen molar-refractivity contribution in [2.45, 2.75) is 32.4 Å². The van der Waals surface area contributed by atoms with Crippen LogP contribution in [0.4, 0.5) is 13.2 Å². The summed E-state index contributed by atoms with van der Waals surface area (Å²) >= 11 is 0. The molecule has 2 unspecified atom stereocenters. The lowest BCUT2D eigenvalue weighted by atomic mass is 10.0. The first-order valence-corrected chi connectivity index (χ1v) is 5.81. The molecule has 1 rings (SSSR count). The first kappa shape index (κ1) is 15.7. The monoisotopic (exact) mass is 278 g/mol. The number of hydrogen-bond donors (Lipinski definition) is 2. The Balaban J connectivity index is 3.03. The number of ether oxygens (including phenoxy) is 2. The summed E-state index contributed by atoms with van der Waals surface area (Å²) in [5, 5.41) is 0. The van der Waals surface area contributed by atoms with Crippen LogP contribution in [-0.2, 0) is 4.74 Å². The molecule has 1 aromatic rings. The summed E-state index contributed by atoms with van der Waals surface area (Å²) in [6.07, 6.45) is -5.14. The van der Waals surface area contributed by atoms with Gasteiger partial charge < -0.3 is 9.47 Å². The molecule has 108 valence electrons. The van der Waals surface area contributed by atoms with Crippen LogP contribution in [0.25, 0.3) is 0 Å². The standard InChI is InChI=1S/C12H17F3N2O2/c1-3-18-8(2)11(17-16)9-6-4-5-7-10(9)19-12(13,14)15/h4-8,11,17H,3,16H2,1-2H3. The van der Waals surface area contributed by atoms with Crippen LogP contribution in [0.5, 0.6) is 5.75 Å². The minimum atomic E-state index is -4.75. The molecule has 0 saturated heterocycles. The fourth-order valence-corrected chi connectivity index (χ4v) is 1.79. The molecule has 3 N–H and O–H groups in total. The lowest BCUT2D eigenvalue weighted by Gasteiger charge is -2.25. The number of rotatable bonds is 6. The van der Waals surface area contributed by atoms with Crippen LogP contribution in [0.2, 0.25) is 0 Å². The van der Waals surface area contributed by atoms with Gasteiger partial charge in [-0.15, -0.1) is 13.2 Å². The van der Waals surface area contributed by atoms with Gasteiger partial charge in [0.05, 0.1) is 12.1 Å². The third kappa shape index (κ3) is 4.70. The highest BCUT2D eigenvalue weighted by molar-refractivity contribution is 5.36. The van der Waals surface area contributed by atoms with Gasteiger partial charge >= 0.3 is 6.36 Å². The largest absolute Gasteiger partial charge is 0.573 e. The zero-order valence-electron chi connectivity index (χ0n) is 10.7. The molecule has 0 aliphatic rings. The molecule has 4 nitrogen and oxygen atoms in total. The maximum atomic E-state index is 12.3. The maximum Gasteiger partial charge on any atom is 0.573 e. The van der Waals surface area contributed by atoms with Gasteiger partial charge in [-0.3, -0.25) is 11.3 Å². The van der Waals surface area contributed by atoms with Crippen LogP contribution >= 0.6 is 0 Å². The highest BCUT2D eigenvalue weighted by Crippen LogP contribution is 2.31. The summed E-state index contributed by atoms with van der Waals surface area (Å²) < 4.78 is 46.3. The Morgan fingerprint density at radius 1 is 1.32 bits per heavy atom. The highest BCUT2D eigenvalue weighted by atomic mass is 19.4. The molecule has 0 heterocycles. The van der Waals surface area contributed by atoms with Crippen molar-refractivity contribution in [1.82, 2.24) is 5.43 Å². The summed E-state index contributed by atoms with van der Waals surface area (Å²) in [6, 6.07) is 5.23. The van der Waals surface area contributed by atoms with E-state index in [0.29, 0.717) is 12.2 Å². The van der Waals surface area contributed by atoms with Gasteiger partial charge in [0.2, 0.25) is 0 Å². The Hall–Kier alpha value is -1.31. The molecule has 0 aliphatic heterocycles. The second-order valence-corrected chi connectivity index (χ2v) is 3.89. The van der Waals surface area contributed by atoms with E-state index in [4.69, 9.17) is 10.6 Å². The fraction of sp³-hybridized carbons (Fsp3) is 0.500. The van der Waals surface area contributed by atoms with E-state index in [1.807, 2.05) is 0 Å². The number of nitrogens with one attached hydrogen (secondary N) is 1. The van der Waals surface area contributed by atoms with Gasteiger partial charge in [-0.25, -0.2) is 0 Å². The molecular formula is C12H17F3N2O2. The first-order valence-electron chi connectivity index (χ1n) is 5.81. The van der Waals surface area contributed by atoms with Crippen molar-refractivity contribution < 1.29 is 22.6 Å². The zero-order valence-corrected chi connectivity index (χ0v) is 10.7. The van der Waals surface area contributed by atoms with Gasteiger partial charge in [0.1, 0.15) is 5.75 Å². The van der Waals surface area contributed by atoms with Crippen LogP contribution in [0.15, 0.2) is 24.3 Å². The Morgan fingerprint density at radius 3 is 2.47 bits per heavy atom. The summed E-state index contributed by atoms with van der Waals surface area (Å²) in [5.74, 6) is 5.11. The summed E-state index contributed by atoms with van der Waals surface area (Å²) in [6.45, 7) is 3.95. The summed E-state index contributed by atoms with van der Waals surface area (Å²) in [4.78, 5) is 0. The molecule has 2 atom stereocenters. The smallest absolute Gasteiger partial charge is 0.405 e. The van der Waals surface area contributed by atoms with Crippen LogP contribution in [0, 0.1) is 0 Å². The lowest BCUT2D eigenvalue weighted by molar-refractivity contribution is -0.275. The normalized spacial score (nSPS) is 15.1. The predicted molar refractivity (Wildman–Crippen MR) is 64.3 cm³/mol. The Labute approximate surface area is 109 Å². The van der Waals surface area contributed by atoms with Crippen molar-refractivity contribution in [2.75, 3.05) is 6.61 Å². The van der Waals surface area contributed by atoms with Gasteiger partial charge in [-0.05, 0) is 19.9 Å². The van der Waals surface area contributed by atoms with E-state index in [2.05, 4.69) is 10.2 Å². The molecule has 0 bridgehead atoms. The number of alkyl halides is 3. The summed E-state index contributed by atoms with van der Waals surface area (Å²) in [5.41, 5.74) is 2.75. The van der Waals surface area contributed by atoms with Gasteiger partial charge in [0, 0.05) is 12.2 Å². The number of nitrogens with two attached hydrogens (primary N) is 1. The average Bonchev–Trinajstić information content (AvgIpc) is 2.30.